The third-order valence-electron chi connectivity index (χ3n) is 5.37. The molecule has 0 aromatic heterocycles. The highest BCUT2D eigenvalue weighted by molar-refractivity contribution is 6.16. The molecule has 0 radical (unpaired) electrons. The lowest BCUT2D eigenvalue weighted by molar-refractivity contribution is -0.268. The molecule has 5 unspecified atom stereocenters. The molecular formula is C22H22O9. The molecule has 31 heavy (non-hydrogen) atoms. The first-order chi connectivity index (χ1) is 14.7. The minimum Gasteiger partial charge on any atom is -0.508 e. The van der Waals surface area contributed by atoms with Gasteiger partial charge in [0.15, 0.2) is 5.76 Å². The highest BCUT2D eigenvalue weighted by atomic mass is 16.7. The fraction of sp³-hybridized carbons (Fsp3) is 0.318. The van der Waals surface area contributed by atoms with Crippen LogP contribution in [0.15, 0.2) is 36.1 Å². The van der Waals surface area contributed by atoms with Gasteiger partial charge in [-0.15, -0.1) is 0 Å². The lowest BCUT2D eigenvalue weighted by atomic mass is 10.00. The van der Waals surface area contributed by atoms with Crippen LogP contribution in [0.4, 0.5) is 0 Å². The number of phenols is 2. The van der Waals surface area contributed by atoms with E-state index in [0.717, 1.165) is 0 Å². The Labute approximate surface area is 177 Å². The second kappa shape index (κ2) is 7.86. The van der Waals surface area contributed by atoms with E-state index in [2.05, 4.69) is 0 Å². The van der Waals surface area contributed by atoms with Crippen molar-refractivity contribution < 1.29 is 44.5 Å². The van der Waals surface area contributed by atoms with E-state index < -0.39 is 36.5 Å². The van der Waals surface area contributed by atoms with Crippen molar-refractivity contribution in [1.29, 1.82) is 0 Å². The summed E-state index contributed by atoms with van der Waals surface area (Å²) in [6, 6.07) is 7.34. The predicted octanol–water partition coefficient (Wildman–Crippen LogP) is 1.23. The van der Waals surface area contributed by atoms with Crippen LogP contribution in [0.25, 0.3) is 6.08 Å². The van der Waals surface area contributed by atoms with Gasteiger partial charge in [-0.2, -0.15) is 0 Å². The number of fused-ring (bicyclic) bond motifs is 1. The number of hydrogen-bond donors (Lipinski definition) is 5. The summed E-state index contributed by atoms with van der Waals surface area (Å²) in [6.45, 7) is 3.07. The number of benzene rings is 2. The number of phenolic OH excluding ortho intramolecular Hbond substituents is 2. The second-order valence-corrected chi connectivity index (χ2v) is 7.55. The summed E-state index contributed by atoms with van der Waals surface area (Å²) in [7, 11) is 0. The minimum absolute atomic E-state index is 0.0202. The van der Waals surface area contributed by atoms with E-state index in [1.54, 1.807) is 19.1 Å². The van der Waals surface area contributed by atoms with Crippen LogP contribution in [0.2, 0.25) is 0 Å². The van der Waals surface area contributed by atoms with Gasteiger partial charge < -0.3 is 39.7 Å². The zero-order valence-electron chi connectivity index (χ0n) is 16.7. The number of rotatable bonds is 3. The predicted molar refractivity (Wildman–Crippen MR) is 107 cm³/mol. The number of ether oxygens (including phenoxy) is 3. The Kier molecular flexibility index (Phi) is 5.36. The zero-order chi connectivity index (χ0) is 22.4. The third-order valence-corrected chi connectivity index (χ3v) is 5.37. The molecule has 5 N–H and O–H groups in total. The Bertz CT molecular complexity index is 1040. The summed E-state index contributed by atoms with van der Waals surface area (Å²) >= 11 is 0. The first-order valence-electron chi connectivity index (χ1n) is 9.63. The van der Waals surface area contributed by atoms with Crippen molar-refractivity contribution in [2.45, 2.75) is 44.6 Å². The molecule has 2 aromatic carbocycles. The Hall–Kier alpha value is -3.11. The van der Waals surface area contributed by atoms with Crippen molar-refractivity contribution in [3.63, 3.8) is 0 Å². The van der Waals surface area contributed by atoms with Gasteiger partial charge in [-0.1, -0.05) is 12.1 Å². The van der Waals surface area contributed by atoms with Crippen molar-refractivity contribution in [2.75, 3.05) is 0 Å². The zero-order valence-corrected chi connectivity index (χ0v) is 16.7. The van der Waals surface area contributed by atoms with Gasteiger partial charge in [-0.05, 0) is 37.6 Å². The number of hydrogen-bond acceptors (Lipinski definition) is 9. The Morgan fingerprint density at radius 3 is 2.39 bits per heavy atom. The number of ketones is 1. The molecule has 0 saturated carbocycles. The molecular weight excluding hydrogens is 408 g/mol. The summed E-state index contributed by atoms with van der Waals surface area (Å²) in [5, 5.41) is 49.8. The topological polar surface area (TPSA) is 146 Å². The van der Waals surface area contributed by atoms with Gasteiger partial charge in [-0.3, -0.25) is 4.79 Å². The monoisotopic (exact) mass is 430 g/mol. The minimum atomic E-state index is -1.59. The van der Waals surface area contributed by atoms with Crippen molar-refractivity contribution in [2.24, 2.45) is 0 Å². The Balaban J connectivity index is 1.69. The Morgan fingerprint density at radius 2 is 1.71 bits per heavy atom. The number of allylic oxidation sites excluding steroid dienone is 1. The molecule has 164 valence electrons. The lowest BCUT2D eigenvalue weighted by Gasteiger charge is -2.39. The van der Waals surface area contributed by atoms with Gasteiger partial charge in [0.1, 0.15) is 46.9 Å². The van der Waals surface area contributed by atoms with E-state index in [0.29, 0.717) is 11.1 Å². The maximum atomic E-state index is 13.1. The third kappa shape index (κ3) is 3.72. The van der Waals surface area contributed by atoms with E-state index in [-0.39, 0.29) is 34.3 Å². The van der Waals surface area contributed by atoms with Gasteiger partial charge in [0, 0.05) is 11.6 Å². The fourth-order valence-corrected chi connectivity index (χ4v) is 3.49. The average molecular weight is 430 g/mol. The smallest absolute Gasteiger partial charge is 0.235 e. The van der Waals surface area contributed by atoms with E-state index in [1.165, 1.54) is 31.2 Å². The van der Waals surface area contributed by atoms with Crippen LogP contribution in [0.1, 0.15) is 28.4 Å². The molecule has 9 nitrogen and oxygen atoms in total. The summed E-state index contributed by atoms with van der Waals surface area (Å²) in [6.07, 6.45) is -5.16. The standard InChI is InChI=1S/C22H22O9/c1-9-13(24)8-14(31-22-20(28)19(27)17(25)10(2)29-22)16-18(26)15(30-21(9)16)7-11-3-5-12(23)6-4-11/h3-8,10,17,19-20,22-25,27-28H,1-2H3. The fourth-order valence-electron chi connectivity index (χ4n) is 3.49. The van der Waals surface area contributed by atoms with Crippen LogP contribution < -0.4 is 9.47 Å². The van der Waals surface area contributed by atoms with Gasteiger partial charge in [-0.25, -0.2) is 0 Å². The van der Waals surface area contributed by atoms with Crippen molar-refractivity contribution >= 4 is 11.9 Å². The number of aromatic hydroxyl groups is 2. The molecule has 1 saturated heterocycles. The van der Waals surface area contributed by atoms with Crippen LogP contribution in [0.5, 0.6) is 23.0 Å². The van der Waals surface area contributed by atoms with Crippen LogP contribution in [0, 0.1) is 6.92 Å². The SMILES string of the molecule is Cc1c(O)cc(OC2OC(C)C(O)C(O)C2O)c2c1OC(=Cc1ccc(O)cc1)C2=O. The molecule has 2 aromatic rings. The maximum absolute atomic E-state index is 13.1. The maximum Gasteiger partial charge on any atom is 0.235 e. The molecule has 9 heteroatoms. The second-order valence-electron chi connectivity index (χ2n) is 7.55. The molecule has 1 fully saturated rings. The highest BCUT2D eigenvalue weighted by Crippen LogP contribution is 2.45. The van der Waals surface area contributed by atoms with Crippen molar-refractivity contribution in [3.05, 3.63) is 52.8 Å². The molecule has 5 atom stereocenters. The number of carbonyl (C=O) groups is 1. The number of aliphatic hydroxyl groups excluding tert-OH is 3. The van der Waals surface area contributed by atoms with Crippen molar-refractivity contribution in [1.82, 2.24) is 0 Å². The summed E-state index contributed by atoms with van der Waals surface area (Å²) in [4.78, 5) is 13.1. The molecule has 2 heterocycles. The normalized spacial score (nSPS) is 29.0. The van der Waals surface area contributed by atoms with Crippen LogP contribution in [-0.4, -0.2) is 62.0 Å². The summed E-state index contributed by atoms with van der Waals surface area (Å²) in [5.74, 6) is -0.659. The van der Waals surface area contributed by atoms with E-state index in [4.69, 9.17) is 14.2 Å². The number of carbonyl (C=O) groups excluding carboxylic acids is 1. The van der Waals surface area contributed by atoms with Crippen molar-refractivity contribution in [3.8, 4) is 23.0 Å². The first kappa shape index (κ1) is 21.1. The summed E-state index contributed by atoms with van der Waals surface area (Å²) < 4.78 is 16.8. The highest BCUT2D eigenvalue weighted by Gasteiger charge is 2.44. The first-order valence-corrected chi connectivity index (χ1v) is 9.63. The van der Waals surface area contributed by atoms with Gasteiger partial charge in [0.05, 0.1) is 6.10 Å². The van der Waals surface area contributed by atoms with Crippen LogP contribution >= 0.6 is 0 Å². The van der Waals surface area contributed by atoms with Gasteiger partial charge in [0.2, 0.25) is 12.1 Å². The van der Waals surface area contributed by atoms with Crippen LogP contribution in [-0.2, 0) is 4.74 Å². The molecule has 0 spiro atoms. The van der Waals surface area contributed by atoms with E-state index in [9.17, 15) is 30.3 Å². The van der Waals surface area contributed by atoms with E-state index >= 15 is 0 Å². The van der Waals surface area contributed by atoms with Crippen LogP contribution in [0.3, 0.4) is 0 Å². The molecule has 0 amide bonds. The molecule has 0 bridgehead atoms. The Morgan fingerprint density at radius 1 is 1.03 bits per heavy atom. The largest absolute Gasteiger partial charge is 0.508 e. The average Bonchev–Trinajstić information content (AvgIpc) is 3.06. The molecule has 4 rings (SSSR count). The number of aliphatic hydroxyl groups is 3. The lowest BCUT2D eigenvalue weighted by Crippen LogP contribution is -2.58. The number of Topliss-reactive ketones (excluding diaryl/α,β-unsaturated/α-hetero) is 1. The molecule has 2 aliphatic heterocycles. The van der Waals surface area contributed by atoms with Gasteiger partial charge in [0.25, 0.3) is 0 Å². The quantitative estimate of drug-likeness (QED) is 0.454. The van der Waals surface area contributed by atoms with E-state index in [1.807, 2.05) is 0 Å². The summed E-state index contributed by atoms with van der Waals surface area (Å²) in [5.41, 5.74) is 0.957. The van der Waals surface area contributed by atoms with Gasteiger partial charge >= 0.3 is 0 Å². The molecule has 0 aliphatic carbocycles. The molecule has 2 aliphatic rings.